The summed E-state index contributed by atoms with van der Waals surface area (Å²) in [5.74, 6) is 1.06. The first kappa shape index (κ1) is 18.2. The molecular weight excluding hydrogens is 362 g/mol. The molecule has 2 N–H and O–H groups in total. The van der Waals surface area contributed by atoms with Crippen molar-refractivity contribution in [1.29, 1.82) is 0 Å². The monoisotopic (exact) mass is 385 g/mol. The number of likely N-dealkylation sites (tertiary alicyclic amines) is 1. The summed E-state index contributed by atoms with van der Waals surface area (Å²) in [5.41, 5.74) is 1.73. The summed E-state index contributed by atoms with van der Waals surface area (Å²) < 4.78 is 8.09. The number of carbonyl (C=O) groups is 1. The first-order valence-corrected chi connectivity index (χ1v) is 9.10. The Labute approximate surface area is 161 Å². The number of nitrogens with zero attached hydrogens (tertiary/aromatic N) is 6. The van der Waals surface area contributed by atoms with Crippen LogP contribution < -0.4 is 4.74 Å². The van der Waals surface area contributed by atoms with E-state index in [2.05, 4.69) is 25.1 Å². The molecule has 148 valence electrons. The number of ether oxygens (including phenoxy) is 1. The maximum Gasteiger partial charge on any atom is 0.407 e. The quantitative estimate of drug-likeness (QED) is 0.709. The van der Waals surface area contributed by atoms with E-state index >= 15 is 0 Å². The van der Waals surface area contributed by atoms with Crippen molar-refractivity contribution in [3.05, 3.63) is 18.7 Å². The van der Waals surface area contributed by atoms with Gasteiger partial charge in [0.05, 0.1) is 17.8 Å². The molecule has 4 heterocycles. The lowest BCUT2D eigenvalue weighted by Gasteiger charge is -2.36. The normalized spacial score (nSPS) is 20.1. The van der Waals surface area contributed by atoms with Crippen molar-refractivity contribution >= 4 is 17.3 Å². The van der Waals surface area contributed by atoms with Crippen LogP contribution in [0.5, 0.6) is 5.88 Å². The van der Waals surface area contributed by atoms with Crippen LogP contribution in [0.4, 0.5) is 4.79 Å². The number of imidazole rings is 1. The summed E-state index contributed by atoms with van der Waals surface area (Å²) in [4.78, 5) is 26.4. The van der Waals surface area contributed by atoms with E-state index in [0.29, 0.717) is 35.8 Å². The predicted molar refractivity (Wildman–Crippen MR) is 101 cm³/mol. The number of amides is 1. The second-order valence-electron chi connectivity index (χ2n) is 8.06. The molecule has 0 aliphatic carbocycles. The molecule has 0 aromatic carbocycles. The van der Waals surface area contributed by atoms with Gasteiger partial charge in [0, 0.05) is 26.2 Å². The van der Waals surface area contributed by atoms with E-state index < -0.39 is 6.09 Å². The van der Waals surface area contributed by atoms with Gasteiger partial charge in [-0.2, -0.15) is 10.1 Å². The van der Waals surface area contributed by atoms with E-state index in [1.165, 1.54) is 11.2 Å². The summed E-state index contributed by atoms with van der Waals surface area (Å²) >= 11 is 0. The van der Waals surface area contributed by atoms with Crippen LogP contribution in [-0.2, 0) is 7.05 Å². The van der Waals surface area contributed by atoms with Crippen molar-refractivity contribution in [2.45, 2.75) is 39.3 Å². The molecule has 2 unspecified atom stereocenters. The zero-order chi connectivity index (χ0) is 20.1. The Morgan fingerprint density at radius 1 is 1.36 bits per heavy atom. The second-order valence-corrected chi connectivity index (χ2v) is 8.06. The van der Waals surface area contributed by atoms with Crippen LogP contribution in [0.15, 0.2) is 18.7 Å². The fraction of sp³-hybridized carbons (Fsp3) is 0.500. The highest BCUT2D eigenvalue weighted by atomic mass is 16.5. The van der Waals surface area contributed by atoms with Gasteiger partial charge in [0.25, 0.3) is 0 Å². The molecule has 0 spiro atoms. The summed E-state index contributed by atoms with van der Waals surface area (Å²) in [5, 5.41) is 16.3. The Bertz CT molecular complexity index is 1010. The molecule has 2 atom stereocenters. The first-order valence-electron chi connectivity index (χ1n) is 9.10. The number of hydrogen-bond acceptors (Lipinski definition) is 6. The summed E-state index contributed by atoms with van der Waals surface area (Å²) in [7, 11) is 1.87. The number of rotatable bonds is 3. The molecule has 3 aromatic heterocycles. The Morgan fingerprint density at radius 2 is 2.14 bits per heavy atom. The van der Waals surface area contributed by atoms with Crippen molar-refractivity contribution in [2.24, 2.45) is 12.5 Å². The number of hydrogen-bond donors (Lipinski definition) is 2. The molecule has 3 aromatic rings. The third-order valence-electron chi connectivity index (χ3n) is 5.12. The van der Waals surface area contributed by atoms with Gasteiger partial charge in [-0.1, -0.05) is 20.8 Å². The molecule has 1 aliphatic heterocycles. The second kappa shape index (κ2) is 6.47. The van der Waals surface area contributed by atoms with Crippen LogP contribution in [-0.4, -0.2) is 64.5 Å². The highest BCUT2D eigenvalue weighted by Crippen LogP contribution is 2.36. The SMILES string of the molecule is Cn1c(-c2cn[nH]c2)nc2c(OC3CCN(C(=O)O)C3C(C)(C)C)ncnc21. The molecule has 1 fully saturated rings. The Morgan fingerprint density at radius 3 is 2.79 bits per heavy atom. The molecule has 1 saturated heterocycles. The van der Waals surface area contributed by atoms with Crippen molar-refractivity contribution in [3.8, 4) is 17.3 Å². The van der Waals surface area contributed by atoms with Gasteiger partial charge in [0.2, 0.25) is 5.88 Å². The van der Waals surface area contributed by atoms with Gasteiger partial charge in [0.1, 0.15) is 18.3 Å². The number of aromatic amines is 1. The maximum absolute atomic E-state index is 11.7. The largest absolute Gasteiger partial charge is 0.470 e. The minimum Gasteiger partial charge on any atom is -0.470 e. The minimum atomic E-state index is -0.932. The van der Waals surface area contributed by atoms with Gasteiger partial charge in [-0.25, -0.2) is 14.8 Å². The summed E-state index contributed by atoms with van der Waals surface area (Å²) in [6, 6.07) is -0.285. The van der Waals surface area contributed by atoms with Crippen LogP contribution >= 0.6 is 0 Å². The van der Waals surface area contributed by atoms with E-state index in [1.807, 2.05) is 32.4 Å². The van der Waals surface area contributed by atoms with Crippen LogP contribution in [0.2, 0.25) is 0 Å². The molecule has 1 aliphatic rings. The Balaban J connectivity index is 1.72. The van der Waals surface area contributed by atoms with Crippen LogP contribution in [0.1, 0.15) is 27.2 Å². The van der Waals surface area contributed by atoms with Gasteiger partial charge in [-0.05, 0) is 5.41 Å². The number of aryl methyl sites for hydroxylation is 1. The van der Waals surface area contributed by atoms with Crippen LogP contribution in [0.3, 0.4) is 0 Å². The number of nitrogens with one attached hydrogen (secondary N) is 1. The molecule has 4 rings (SSSR count). The van der Waals surface area contributed by atoms with Gasteiger partial charge >= 0.3 is 6.09 Å². The zero-order valence-corrected chi connectivity index (χ0v) is 16.2. The van der Waals surface area contributed by atoms with Gasteiger partial charge in [-0.3, -0.25) is 5.10 Å². The smallest absolute Gasteiger partial charge is 0.407 e. The van der Waals surface area contributed by atoms with E-state index in [-0.39, 0.29) is 17.6 Å². The molecule has 10 nitrogen and oxygen atoms in total. The fourth-order valence-electron chi connectivity index (χ4n) is 3.97. The van der Waals surface area contributed by atoms with Crippen molar-refractivity contribution < 1.29 is 14.6 Å². The van der Waals surface area contributed by atoms with Crippen molar-refractivity contribution in [2.75, 3.05) is 6.54 Å². The molecule has 0 bridgehead atoms. The standard InChI is InChI=1S/C18H23N7O3/c1-18(2,3)13-11(5-6-25(13)17(26)27)28-16-12-15(19-9-20-16)24(4)14(23-12)10-7-21-22-8-10/h7-9,11,13H,5-6H2,1-4H3,(H,21,22)(H,26,27). The molecule has 10 heteroatoms. The topological polar surface area (TPSA) is 122 Å². The third kappa shape index (κ3) is 2.94. The van der Waals surface area contributed by atoms with Crippen molar-refractivity contribution in [3.63, 3.8) is 0 Å². The van der Waals surface area contributed by atoms with Crippen molar-refractivity contribution in [1.82, 2.24) is 34.6 Å². The van der Waals surface area contributed by atoms with Gasteiger partial charge < -0.3 is 19.3 Å². The molecule has 0 saturated carbocycles. The average molecular weight is 385 g/mol. The number of aromatic nitrogens is 6. The highest BCUT2D eigenvalue weighted by Gasteiger charge is 2.45. The van der Waals surface area contributed by atoms with Gasteiger partial charge in [-0.15, -0.1) is 0 Å². The number of fused-ring (bicyclic) bond motifs is 1. The fourth-order valence-corrected chi connectivity index (χ4v) is 3.97. The van der Waals surface area contributed by atoms with Gasteiger partial charge in [0.15, 0.2) is 11.2 Å². The molecule has 28 heavy (non-hydrogen) atoms. The summed E-state index contributed by atoms with van der Waals surface area (Å²) in [6.45, 7) is 6.48. The third-order valence-corrected chi connectivity index (χ3v) is 5.12. The van der Waals surface area contributed by atoms with E-state index in [9.17, 15) is 9.90 Å². The van der Waals surface area contributed by atoms with E-state index in [4.69, 9.17) is 4.74 Å². The van der Waals surface area contributed by atoms with E-state index in [0.717, 1.165) is 5.56 Å². The van der Waals surface area contributed by atoms with E-state index in [1.54, 1.807) is 12.4 Å². The lowest BCUT2D eigenvalue weighted by molar-refractivity contribution is 0.0558. The maximum atomic E-state index is 11.7. The van der Waals surface area contributed by atoms with Crippen LogP contribution in [0.25, 0.3) is 22.6 Å². The Kier molecular flexibility index (Phi) is 4.20. The summed E-state index contributed by atoms with van der Waals surface area (Å²) in [6.07, 6.45) is 4.24. The molecule has 0 radical (unpaired) electrons. The predicted octanol–water partition coefficient (Wildman–Crippen LogP) is 2.30. The highest BCUT2D eigenvalue weighted by molar-refractivity contribution is 5.80. The number of H-pyrrole nitrogens is 1. The molecule has 1 amide bonds. The van der Waals surface area contributed by atoms with Crippen LogP contribution in [0, 0.1) is 5.41 Å². The zero-order valence-electron chi connectivity index (χ0n) is 16.2. The average Bonchev–Trinajstić information content (AvgIpc) is 3.33. The first-order chi connectivity index (χ1) is 13.3. The minimum absolute atomic E-state index is 0.280. The Hall–Kier alpha value is -3.17. The molecular formula is C18H23N7O3. The lowest BCUT2D eigenvalue weighted by Crippen LogP contribution is -2.48. The number of carboxylic acid groups (broad SMARTS) is 1. The lowest BCUT2D eigenvalue weighted by atomic mass is 9.84.